The number of fused-ring (bicyclic) bond motifs is 1. The number of nitrogens with zero attached hydrogens (tertiary/aromatic N) is 2. The quantitative estimate of drug-likeness (QED) is 0.585. The minimum atomic E-state index is -4.37. The fourth-order valence-electron chi connectivity index (χ4n) is 2.87. The second-order valence-electron chi connectivity index (χ2n) is 5.81. The summed E-state index contributed by atoms with van der Waals surface area (Å²) in [6.07, 6.45) is -2.73. The van der Waals surface area contributed by atoms with Crippen LogP contribution in [0.4, 0.5) is 19.0 Å². The molecule has 1 aromatic heterocycles. The molecule has 0 radical (unpaired) electrons. The molecule has 3 nitrogen and oxygen atoms in total. The Hall–Kier alpha value is -2.15. The predicted molar refractivity (Wildman–Crippen MR) is 95.5 cm³/mol. The second kappa shape index (κ2) is 6.63. The highest BCUT2D eigenvalue weighted by atomic mass is 79.9. The van der Waals surface area contributed by atoms with E-state index in [9.17, 15) is 13.2 Å². The van der Waals surface area contributed by atoms with E-state index in [1.807, 2.05) is 18.2 Å². The van der Waals surface area contributed by atoms with E-state index in [-0.39, 0.29) is 11.6 Å². The van der Waals surface area contributed by atoms with Gasteiger partial charge in [-0.15, -0.1) is 5.10 Å². The maximum Gasteiger partial charge on any atom is 0.416 e. The molecule has 130 valence electrons. The first-order valence-corrected chi connectivity index (χ1v) is 8.41. The van der Waals surface area contributed by atoms with Crippen molar-refractivity contribution in [3.8, 4) is 0 Å². The number of hydrogen-bond acceptors (Lipinski definition) is 3. The molecule has 0 aliphatic rings. The van der Waals surface area contributed by atoms with Crippen molar-refractivity contribution in [3.05, 3.63) is 63.8 Å². The molecule has 25 heavy (non-hydrogen) atoms. The van der Waals surface area contributed by atoms with Gasteiger partial charge in [0, 0.05) is 15.2 Å². The number of nitrogens with one attached hydrogen (secondary N) is 1. The first kappa shape index (κ1) is 17.7. The van der Waals surface area contributed by atoms with Gasteiger partial charge in [-0.05, 0) is 43.2 Å². The third kappa shape index (κ3) is 3.61. The molecule has 0 unspecified atom stereocenters. The van der Waals surface area contributed by atoms with Crippen molar-refractivity contribution in [1.29, 1.82) is 0 Å². The number of halogens is 4. The molecule has 0 saturated carbocycles. The van der Waals surface area contributed by atoms with Crippen LogP contribution in [0.2, 0.25) is 0 Å². The van der Waals surface area contributed by atoms with Crippen molar-refractivity contribution in [1.82, 2.24) is 10.2 Å². The van der Waals surface area contributed by atoms with Crippen molar-refractivity contribution in [3.63, 3.8) is 0 Å². The molecule has 0 fully saturated rings. The average Bonchev–Trinajstić information content (AvgIpc) is 2.54. The summed E-state index contributed by atoms with van der Waals surface area (Å²) >= 11 is 3.42. The van der Waals surface area contributed by atoms with E-state index in [2.05, 4.69) is 31.4 Å². The Bertz CT molecular complexity index is 925. The number of rotatable bonds is 3. The molecule has 0 bridgehead atoms. The summed E-state index contributed by atoms with van der Waals surface area (Å²) in [4.78, 5) is 0. The van der Waals surface area contributed by atoms with Crippen LogP contribution in [0.15, 0.2) is 47.1 Å². The molecule has 0 spiro atoms. The topological polar surface area (TPSA) is 37.8 Å². The van der Waals surface area contributed by atoms with Crippen LogP contribution < -0.4 is 5.32 Å². The van der Waals surface area contributed by atoms with E-state index in [0.717, 1.165) is 21.3 Å². The molecular weight excluding hydrogens is 395 g/mol. The molecule has 2 aromatic carbocycles. The molecule has 3 rings (SSSR count). The normalized spacial score (nSPS) is 13.0. The van der Waals surface area contributed by atoms with Gasteiger partial charge in [-0.1, -0.05) is 34.1 Å². The highest BCUT2D eigenvalue weighted by Gasteiger charge is 2.33. The van der Waals surface area contributed by atoms with Gasteiger partial charge in [-0.2, -0.15) is 18.3 Å². The van der Waals surface area contributed by atoms with Gasteiger partial charge in [-0.3, -0.25) is 0 Å². The molecule has 7 heteroatoms. The Balaban J connectivity index is 1.99. The van der Waals surface area contributed by atoms with E-state index in [4.69, 9.17) is 0 Å². The Morgan fingerprint density at radius 3 is 2.64 bits per heavy atom. The highest BCUT2D eigenvalue weighted by Crippen LogP contribution is 2.35. The summed E-state index contributed by atoms with van der Waals surface area (Å²) in [6, 6.07) is 9.55. The lowest BCUT2D eigenvalue weighted by Gasteiger charge is -2.20. The maximum absolute atomic E-state index is 13.1. The van der Waals surface area contributed by atoms with Gasteiger partial charge in [0.15, 0.2) is 5.82 Å². The molecule has 0 aliphatic carbocycles. The summed E-state index contributed by atoms with van der Waals surface area (Å²) in [6.45, 7) is 3.29. The van der Waals surface area contributed by atoms with E-state index in [1.165, 1.54) is 13.0 Å². The molecule has 1 N–H and O–H groups in total. The maximum atomic E-state index is 13.1. The lowest BCUT2D eigenvalue weighted by atomic mass is 9.97. The number of anilines is 1. The Morgan fingerprint density at radius 2 is 1.92 bits per heavy atom. The molecule has 3 aromatic rings. The first-order chi connectivity index (χ1) is 11.8. The van der Waals surface area contributed by atoms with Crippen LogP contribution >= 0.6 is 15.9 Å². The third-order valence-corrected chi connectivity index (χ3v) is 4.62. The minimum Gasteiger partial charge on any atom is -0.362 e. The van der Waals surface area contributed by atoms with Crippen LogP contribution in [0, 0.1) is 6.92 Å². The van der Waals surface area contributed by atoms with Gasteiger partial charge in [0.25, 0.3) is 0 Å². The smallest absolute Gasteiger partial charge is 0.362 e. The van der Waals surface area contributed by atoms with E-state index in [0.29, 0.717) is 11.4 Å². The van der Waals surface area contributed by atoms with E-state index < -0.39 is 11.7 Å². The molecule has 1 heterocycles. The van der Waals surface area contributed by atoms with Crippen LogP contribution in [-0.2, 0) is 6.18 Å². The first-order valence-electron chi connectivity index (χ1n) is 7.61. The lowest BCUT2D eigenvalue weighted by molar-refractivity contribution is -0.138. The van der Waals surface area contributed by atoms with Gasteiger partial charge >= 0.3 is 6.18 Å². The molecule has 1 atom stereocenters. The van der Waals surface area contributed by atoms with Crippen molar-refractivity contribution in [2.45, 2.75) is 26.1 Å². The summed E-state index contributed by atoms with van der Waals surface area (Å²) in [5, 5.41) is 13.0. The molecule has 0 amide bonds. The Labute approximate surface area is 151 Å². The van der Waals surface area contributed by atoms with E-state index >= 15 is 0 Å². The van der Waals surface area contributed by atoms with Crippen molar-refractivity contribution >= 4 is 32.5 Å². The van der Waals surface area contributed by atoms with Crippen molar-refractivity contribution < 1.29 is 13.2 Å². The zero-order valence-corrected chi connectivity index (χ0v) is 15.1. The van der Waals surface area contributed by atoms with Gasteiger partial charge in [0.05, 0.1) is 17.8 Å². The zero-order valence-electron chi connectivity index (χ0n) is 13.5. The number of hydrogen-bond donors (Lipinski definition) is 1. The molecular formula is C18H15BrF3N3. The van der Waals surface area contributed by atoms with Gasteiger partial charge < -0.3 is 5.32 Å². The average molecular weight is 410 g/mol. The van der Waals surface area contributed by atoms with Gasteiger partial charge in [0.1, 0.15) is 0 Å². The van der Waals surface area contributed by atoms with Crippen LogP contribution in [0.1, 0.15) is 29.7 Å². The predicted octanol–water partition coefficient (Wildman–Crippen LogP) is 5.89. The second-order valence-corrected chi connectivity index (χ2v) is 6.72. The molecule has 0 saturated heterocycles. The van der Waals surface area contributed by atoms with Crippen LogP contribution in [0.25, 0.3) is 10.8 Å². The van der Waals surface area contributed by atoms with Crippen molar-refractivity contribution in [2.75, 3.05) is 5.32 Å². The number of aromatic nitrogens is 2. The van der Waals surface area contributed by atoms with Gasteiger partial charge in [-0.25, -0.2) is 0 Å². The fraction of sp³-hybridized carbons (Fsp3) is 0.222. The number of alkyl halides is 3. The summed E-state index contributed by atoms with van der Waals surface area (Å²) < 4.78 is 40.3. The number of benzene rings is 2. The summed E-state index contributed by atoms with van der Waals surface area (Å²) in [7, 11) is 0. The molecule has 0 aliphatic heterocycles. The fourth-order valence-corrected chi connectivity index (χ4v) is 3.23. The Morgan fingerprint density at radius 1 is 1.16 bits per heavy atom. The third-order valence-electron chi connectivity index (χ3n) is 4.13. The van der Waals surface area contributed by atoms with Gasteiger partial charge in [0.2, 0.25) is 0 Å². The van der Waals surface area contributed by atoms with Crippen molar-refractivity contribution in [2.24, 2.45) is 0 Å². The monoisotopic (exact) mass is 409 g/mol. The lowest BCUT2D eigenvalue weighted by Crippen LogP contribution is -2.14. The summed E-state index contributed by atoms with van der Waals surface area (Å²) in [5.74, 6) is 0.531. The largest absolute Gasteiger partial charge is 0.416 e. The zero-order chi connectivity index (χ0) is 18.2. The highest BCUT2D eigenvalue weighted by molar-refractivity contribution is 9.10. The minimum absolute atomic E-state index is 0.212. The van der Waals surface area contributed by atoms with Crippen LogP contribution in [-0.4, -0.2) is 10.2 Å². The van der Waals surface area contributed by atoms with Crippen LogP contribution in [0.3, 0.4) is 0 Å². The SMILES string of the molecule is Cc1c([C@@H](C)Nc2nncc3ccc(Br)cc23)cccc1C(F)(F)F. The standard InChI is InChI=1S/C18H15BrF3N3/c1-10-14(4-3-5-16(10)18(20,21)22)11(2)24-17-15-8-13(19)7-6-12(15)9-23-25-17/h3-9,11H,1-2H3,(H,24,25)/t11-/m1/s1. The van der Waals surface area contributed by atoms with E-state index in [1.54, 1.807) is 19.2 Å². The Kier molecular flexibility index (Phi) is 4.69. The van der Waals surface area contributed by atoms with Crippen LogP contribution in [0.5, 0.6) is 0 Å². The summed E-state index contributed by atoms with van der Waals surface area (Å²) in [5.41, 5.74) is 0.165.